The second-order valence-corrected chi connectivity index (χ2v) is 4.38. The molecule has 2 rings (SSSR count). The maximum Gasteiger partial charge on any atom is 0.0201 e. The molecule has 0 aromatic heterocycles. The van der Waals surface area contributed by atoms with Crippen LogP contribution in [0.2, 0.25) is 0 Å². The van der Waals surface area contributed by atoms with Gasteiger partial charge in [0.2, 0.25) is 0 Å². The van der Waals surface area contributed by atoms with Gasteiger partial charge in [0.15, 0.2) is 0 Å². The number of piperidine rings is 1. The fourth-order valence-corrected chi connectivity index (χ4v) is 2.33. The Morgan fingerprint density at radius 1 is 1.17 bits per heavy atom. The predicted octanol–water partition coefficient (Wildman–Crippen LogP) is 0.148. The van der Waals surface area contributed by atoms with Crippen molar-refractivity contribution in [1.82, 2.24) is 15.3 Å². The van der Waals surface area contributed by atoms with E-state index in [0.29, 0.717) is 5.41 Å². The Balaban J connectivity index is 1.83. The Kier molecular flexibility index (Phi) is 2.10. The number of nitrogens with zero attached hydrogens (tertiary/aromatic N) is 2. The Bertz CT molecular complexity index is 146. The van der Waals surface area contributed by atoms with Gasteiger partial charge in [-0.2, -0.15) is 0 Å². The van der Waals surface area contributed by atoms with Crippen LogP contribution in [0.1, 0.15) is 12.8 Å². The van der Waals surface area contributed by atoms with Crippen molar-refractivity contribution in [1.29, 1.82) is 0 Å². The molecule has 0 radical (unpaired) electrons. The summed E-state index contributed by atoms with van der Waals surface area (Å²) in [7, 11) is 4.24. The summed E-state index contributed by atoms with van der Waals surface area (Å²) >= 11 is 0. The Morgan fingerprint density at radius 3 is 2.25 bits per heavy atom. The third kappa shape index (κ3) is 1.37. The molecule has 2 aliphatic heterocycles. The molecule has 0 unspecified atom stereocenters. The van der Waals surface area contributed by atoms with E-state index in [4.69, 9.17) is 0 Å². The fourth-order valence-electron chi connectivity index (χ4n) is 2.33. The molecule has 0 aromatic rings. The van der Waals surface area contributed by atoms with Crippen LogP contribution in [0.4, 0.5) is 0 Å². The summed E-state index contributed by atoms with van der Waals surface area (Å²) in [6.45, 7) is 5.10. The molecule has 0 amide bonds. The summed E-state index contributed by atoms with van der Waals surface area (Å²) in [6, 6.07) is 0. The first-order valence-electron chi connectivity index (χ1n) is 4.85. The lowest BCUT2D eigenvalue weighted by molar-refractivity contribution is -0.0672. The maximum atomic E-state index is 3.20. The molecule has 2 aliphatic rings. The van der Waals surface area contributed by atoms with Crippen molar-refractivity contribution in [2.24, 2.45) is 5.41 Å². The van der Waals surface area contributed by atoms with Gasteiger partial charge in [0, 0.05) is 18.5 Å². The maximum absolute atomic E-state index is 3.20. The zero-order valence-corrected chi connectivity index (χ0v) is 8.14. The molecule has 1 spiro atoms. The van der Waals surface area contributed by atoms with E-state index in [9.17, 15) is 0 Å². The van der Waals surface area contributed by atoms with Crippen molar-refractivity contribution in [2.45, 2.75) is 12.8 Å². The van der Waals surface area contributed by atoms with E-state index in [2.05, 4.69) is 22.4 Å². The zero-order valence-electron chi connectivity index (χ0n) is 8.14. The highest BCUT2D eigenvalue weighted by atomic mass is 15.5. The summed E-state index contributed by atoms with van der Waals surface area (Å²) in [4.78, 5) is 2.44. The largest absolute Gasteiger partial charge is 0.306 e. The van der Waals surface area contributed by atoms with Crippen LogP contribution in [0.15, 0.2) is 0 Å². The highest BCUT2D eigenvalue weighted by Gasteiger charge is 2.43. The van der Waals surface area contributed by atoms with Crippen LogP contribution in [0, 0.1) is 5.41 Å². The van der Waals surface area contributed by atoms with Crippen LogP contribution >= 0.6 is 0 Å². The Hall–Kier alpha value is -0.120. The Labute approximate surface area is 74.7 Å². The molecule has 3 nitrogen and oxygen atoms in total. The van der Waals surface area contributed by atoms with E-state index >= 15 is 0 Å². The van der Waals surface area contributed by atoms with E-state index in [1.807, 2.05) is 7.05 Å². The average Bonchev–Trinajstić information content (AvgIpc) is 2.02. The summed E-state index contributed by atoms with van der Waals surface area (Å²) < 4.78 is 0. The third-order valence-electron chi connectivity index (χ3n) is 3.42. The topological polar surface area (TPSA) is 18.5 Å². The zero-order chi connectivity index (χ0) is 8.60. The summed E-state index contributed by atoms with van der Waals surface area (Å²) in [5.41, 5.74) is 3.88. The standard InChI is InChI=1S/C9H19N3/c1-10-12-7-9(8-12)3-5-11(2)6-4-9/h10H,3-8H2,1-2H3. The summed E-state index contributed by atoms with van der Waals surface area (Å²) in [5, 5.41) is 2.31. The number of likely N-dealkylation sites (tertiary alicyclic amines) is 1. The van der Waals surface area contributed by atoms with Crippen LogP contribution in [0.3, 0.4) is 0 Å². The van der Waals surface area contributed by atoms with Crippen molar-refractivity contribution in [3.05, 3.63) is 0 Å². The minimum atomic E-state index is 0.676. The first kappa shape index (κ1) is 8.48. The van der Waals surface area contributed by atoms with Gasteiger partial charge < -0.3 is 4.90 Å². The van der Waals surface area contributed by atoms with Gasteiger partial charge in [0.25, 0.3) is 0 Å². The molecule has 2 saturated heterocycles. The van der Waals surface area contributed by atoms with E-state index in [-0.39, 0.29) is 0 Å². The van der Waals surface area contributed by atoms with Gasteiger partial charge in [-0.15, -0.1) is 0 Å². The van der Waals surface area contributed by atoms with Gasteiger partial charge in [-0.1, -0.05) is 0 Å². The second kappa shape index (κ2) is 2.98. The first-order valence-corrected chi connectivity index (χ1v) is 4.85. The molecule has 0 aromatic carbocycles. The molecule has 2 heterocycles. The van der Waals surface area contributed by atoms with Crippen molar-refractivity contribution in [2.75, 3.05) is 40.3 Å². The molecule has 0 atom stereocenters. The molecule has 1 N–H and O–H groups in total. The number of nitrogens with one attached hydrogen (secondary N) is 1. The van der Waals surface area contributed by atoms with Gasteiger partial charge in [-0.25, -0.2) is 5.01 Å². The van der Waals surface area contributed by atoms with Crippen molar-refractivity contribution < 1.29 is 0 Å². The molecule has 70 valence electrons. The second-order valence-electron chi connectivity index (χ2n) is 4.38. The third-order valence-corrected chi connectivity index (χ3v) is 3.42. The van der Waals surface area contributed by atoms with Crippen LogP contribution in [0.25, 0.3) is 0 Å². The van der Waals surface area contributed by atoms with E-state index in [1.54, 1.807) is 0 Å². The van der Waals surface area contributed by atoms with Gasteiger partial charge in [0.1, 0.15) is 0 Å². The average molecular weight is 169 g/mol. The molecular formula is C9H19N3. The van der Waals surface area contributed by atoms with Crippen LogP contribution in [-0.4, -0.2) is 50.2 Å². The fraction of sp³-hybridized carbons (Fsp3) is 1.00. The Morgan fingerprint density at radius 2 is 1.75 bits per heavy atom. The number of hydrazine groups is 1. The molecule has 3 heteroatoms. The van der Waals surface area contributed by atoms with Crippen LogP contribution in [0.5, 0.6) is 0 Å². The number of rotatable bonds is 1. The van der Waals surface area contributed by atoms with Crippen LogP contribution < -0.4 is 5.43 Å². The van der Waals surface area contributed by atoms with Gasteiger partial charge >= 0.3 is 0 Å². The minimum Gasteiger partial charge on any atom is -0.306 e. The normalized spacial score (nSPS) is 30.5. The molecule has 0 bridgehead atoms. The van der Waals surface area contributed by atoms with E-state index < -0.39 is 0 Å². The van der Waals surface area contributed by atoms with Gasteiger partial charge in [0.05, 0.1) is 0 Å². The van der Waals surface area contributed by atoms with E-state index in [1.165, 1.54) is 39.0 Å². The first-order chi connectivity index (χ1) is 5.74. The van der Waals surface area contributed by atoms with Crippen LogP contribution in [-0.2, 0) is 0 Å². The van der Waals surface area contributed by atoms with Crippen molar-refractivity contribution in [3.63, 3.8) is 0 Å². The highest BCUT2D eigenvalue weighted by Crippen LogP contribution is 2.38. The summed E-state index contributed by atoms with van der Waals surface area (Å²) in [6.07, 6.45) is 2.78. The summed E-state index contributed by atoms with van der Waals surface area (Å²) in [5.74, 6) is 0. The van der Waals surface area contributed by atoms with E-state index in [0.717, 1.165) is 0 Å². The lowest BCUT2D eigenvalue weighted by atomic mass is 9.73. The quantitative estimate of drug-likeness (QED) is 0.603. The highest BCUT2D eigenvalue weighted by molar-refractivity contribution is 4.96. The molecule has 0 aliphatic carbocycles. The monoisotopic (exact) mass is 169 g/mol. The minimum absolute atomic E-state index is 0.676. The lowest BCUT2D eigenvalue weighted by Crippen LogP contribution is -2.63. The molecular weight excluding hydrogens is 150 g/mol. The van der Waals surface area contributed by atoms with Gasteiger partial charge in [-0.05, 0) is 40.0 Å². The lowest BCUT2D eigenvalue weighted by Gasteiger charge is -2.53. The SMILES string of the molecule is CNN1CC2(CCN(C)CC2)C1. The van der Waals surface area contributed by atoms with Crippen molar-refractivity contribution >= 4 is 0 Å². The smallest absolute Gasteiger partial charge is 0.0201 e. The molecule has 12 heavy (non-hydrogen) atoms. The molecule has 2 fully saturated rings. The van der Waals surface area contributed by atoms with Crippen molar-refractivity contribution in [3.8, 4) is 0 Å². The predicted molar refractivity (Wildman–Crippen MR) is 49.8 cm³/mol. The van der Waals surface area contributed by atoms with Gasteiger partial charge in [-0.3, -0.25) is 5.43 Å². The number of hydrogen-bond acceptors (Lipinski definition) is 3. The molecule has 0 saturated carbocycles. The number of hydrogen-bond donors (Lipinski definition) is 1.